The number of benzene rings is 1. The largest absolute Gasteiger partial charge is 0.405 e. The van der Waals surface area contributed by atoms with Crippen LogP contribution in [0.5, 0.6) is 0 Å². The van der Waals surface area contributed by atoms with Gasteiger partial charge in [-0.25, -0.2) is 4.79 Å². The molecule has 1 aromatic carbocycles. The van der Waals surface area contributed by atoms with Gasteiger partial charge in [0, 0.05) is 18.5 Å². The lowest BCUT2D eigenvalue weighted by molar-refractivity contribution is -0.122. The number of hydrogen-bond donors (Lipinski definition) is 3. The van der Waals surface area contributed by atoms with Gasteiger partial charge in [0.25, 0.3) is 0 Å². The van der Waals surface area contributed by atoms with Crippen LogP contribution in [-0.2, 0) is 6.54 Å². The molecule has 0 aliphatic rings. The monoisotopic (exact) mass is 300 g/mol. The van der Waals surface area contributed by atoms with E-state index in [1.165, 1.54) is 0 Å². The van der Waals surface area contributed by atoms with E-state index in [1.807, 2.05) is 0 Å². The predicted octanol–water partition coefficient (Wildman–Crippen LogP) is 1.78. The molecule has 0 saturated heterocycles. The summed E-state index contributed by atoms with van der Waals surface area (Å²) in [6.07, 6.45) is -4.03. The molecule has 0 atom stereocenters. The highest BCUT2D eigenvalue weighted by Crippen LogP contribution is 2.11. The minimum absolute atomic E-state index is 0.00202. The highest BCUT2D eigenvalue weighted by Gasteiger charge is 2.27. The fraction of sp³-hybridized carbons (Fsp3) is 0.357. The standard InChI is InChI=1S/C14H15F3N2O2/c15-14(16,17)10-19-13(21)18-9-12-6-4-11(5-7-12)3-1-2-8-20/h4-7,20H,2,8-10H2,(H2,18,19,21). The lowest BCUT2D eigenvalue weighted by atomic mass is 10.1. The van der Waals surface area contributed by atoms with E-state index < -0.39 is 18.8 Å². The second kappa shape index (κ2) is 8.17. The molecule has 7 heteroatoms. The zero-order valence-electron chi connectivity index (χ0n) is 11.1. The first-order chi connectivity index (χ1) is 9.90. The Hall–Kier alpha value is -2.20. The summed E-state index contributed by atoms with van der Waals surface area (Å²) in [6, 6.07) is 6.02. The number of urea groups is 1. The van der Waals surface area contributed by atoms with E-state index in [2.05, 4.69) is 17.2 Å². The van der Waals surface area contributed by atoms with E-state index in [0.717, 1.165) is 11.1 Å². The highest BCUT2D eigenvalue weighted by atomic mass is 19.4. The summed E-state index contributed by atoms with van der Waals surface area (Å²) in [5, 5.41) is 12.6. The van der Waals surface area contributed by atoms with Gasteiger partial charge in [0.1, 0.15) is 6.54 Å². The van der Waals surface area contributed by atoms with Crippen molar-refractivity contribution in [1.29, 1.82) is 0 Å². The lowest BCUT2D eigenvalue weighted by Gasteiger charge is -2.09. The maximum Gasteiger partial charge on any atom is 0.405 e. The number of carbonyl (C=O) groups is 1. The van der Waals surface area contributed by atoms with Crippen molar-refractivity contribution in [2.24, 2.45) is 0 Å². The number of nitrogens with one attached hydrogen (secondary N) is 2. The van der Waals surface area contributed by atoms with E-state index in [1.54, 1.807) is 29.6 Å². The van der Waals surface area contributed by atoms with Crippen molar-refractivity contribution in [3.05, 3.63) is 35.4 Å². The molecule has 2 amide bonds. The lowest BCUT2D eigenvalue weighted by Crippen LogP contribution is -2.40. The normalized spacial score (nSPS) is 10.5. The number of amides is 2. The topological polar surface area (TPSA) is 61.4 Å². The van der Waals surface area contributed by atoms with Crippen LogP contribution in [-0.4, -0.2) is 30.5 Å². The number of aliphatic hydroxyl groups excluding tert-OH is 1. The van der Waals surface area contributed by atoms with E-state index in [9.17, 15) is 18.0 Å². The van der Waals surface area contributed by atoms with Crippen LogP contribution < -0.4 is 10.6 Å². The third kappa shape index (κ3) is 7.84. The van der Waals surface area contributed by atoms with Crippen molar-refractivity contribution in [3.8, 4) is 11.8 Å². The third-order valence-corrected chi connectivity index (χ3v) is 2.33. The first-order valence-electron chi connectivity index (χ1n) is 6.18. The first-order valence-corrected chi connectivity index (χ1v) is 6.18. The van der Waals surface area contributed by atoms with Gasteiger partial charge in [0.2, 0.25) is 0 Å². The summed E-state index contributed by atoms with van der Waals surface area (Å²) in [7, 11) is 0. The van der Waals surface area contributed by atoms with Gasteiger partial charge in [0.15, 0.2) is 0 Å². The van der Waals surface area contributed by atoms with Crippen LogP contribution in [0.15, 0.2) is 24.3 Å². The molecule has 0 fully saturated rings. The number of hydrogen-bond acceptors (Lipinski definition) is 2. The second-order valence-electron chi connectivity index (χ2n) is 4.12. The van der Waals surface area contributed by atoms with Gasteiger partial charge in [0.05, 0.1) is 6.61 Å². The zero-order valence-corrected chi connectivity index (χ0v) is 11.1. The van der Waals surface area contributed by atoms with Crippen LogP contribution in [0, 0.1) is 11.8 Å². The summed E-state index contributed by atoms with van der Waals surface area (Å²) < 4.78 is 35.6. The molecule has 0 radical (unpaired) electrons. The fourth-order valence-electron chi connectivity index (χ4n) is 1.35. The maximum atomic E-state index is 11.9. The van der Waals surface area contributed by atoms with Gasteiger partial charge >= 0.3 is 12.2 Å². The molecule has 0 heterocycles. The SMILES string of the molecule is O=C(NCc1ccc(C#CCCO)cc1)NCC(F)(F)F. The number of alkyl halides is 3. The Labute approximate surface area is 120 Å². The quantitative estimate of drug-likeness (QED) is 0.742. The van der Waals surface area contributed by atoms with Crippen molar-refractivity contribution in [1.82, 2.24) is 10.6 Å². The van der Waals surface area contributed by atoms with Crippen LogP contribution in [0.4, 0.5) is 18.0 Å². The van der Waals surface area contributed by atoms with Gasteiger partial charge in [-0.15, -0.1) is 0 Å². The maximum absolute atomic E-state index is 11.9. The van der Waals surface area contributed by atoms with Crippen LogP contribution >= 0.6 is 0 Å². The molecule has 21 heavy (non-hydrogen) atoms. The average molecular weight is 300 g/mol. The molecule has 0 aliphatic carbocycles. The molecule has 4 nitrogen and oxygen atoms in total. The Morgan fingerprint density at radius 1 is 1.19 bits per heavy atom. The van der Waals surface area contributed by atoms with E-state index in [0.29, 0.717) is 6.42 Å². The number of rotatable bonds is 4. The summed E-state index contributed by atoms with van der Waals surface area (Å²) in [5.41, 5.74) is 1.50. The predicted molar refractivity (Wildman–Crippen MR) is 71.3 cm³/mol. The summed E-state index contributed by atoms with van der Waals surface area (Å²) in [6.45, 7) is -1.24. The molecule has 0 bridgehead atoms. The molecular formula is C14H15F3N2O2. The third-order valence-electron chi connectivity index (χ3n) is 2.33. The number of aliphatic hydroxyl groups is 1. The van der Waals surface area contributed by atoms with Gasteiger partial charge in [-0.05, 0) is 17.7 Å². The minimum atomic E-state index is -4.42. The van der Waals surface area contributed by atoms with Crippen molar-refractivity contribution >= 4 is 6.03 Å². The summed E-state index contributed by atoms with van der Waals surface area (Å²) in [4.78, 5) is 11.1. The van der Waals surface area contributed by atoms with Crippen molar-refractivity contribution in [2.75, 3.05) is 13.2 Å². The van der Waals surface area contributed by atoms with Crippen LogP contribution in [0.2, 0.25) is 0 Å². The molecular weight excluding hydrogens is 285 g/mol. The van der Waals surface area contributed by atoms with Crippen molar-refractivity contribution < 1.29 is 23.1 Å². The Balaban J connectivity index is 2.39. The Kier molecular flexibility index (Phi) is 6.56. The second-order valence-corrected chi connectivity index (χ2v) is 4.12. The summed E-state index contributed by atoms with van der Waals surface area (Å²) >= 11 is 0. The molecule has 3 N–H and O–H groups in total. The smallest absolute Gasteiger partial charge is 0.395 e. The minimum Gasteiger partial charge on any atom is -0.395 e. The Morgan fingerprint density at radius 2 is 1.86 bits per heavy atom. The summed E-state index contributed by atoms with van der Waals surface area (Å²) in [5.74, 6) is 5.61. The molecule has 0 aliphatic heterocycles. The average Bonchev–Trinajstić information content (AvgIpc) is 2.44. The van der Waals surface area contributed by atoms with Gasteiger partial charge < -0.3 is 15.7 Å². The van der Waals surface area contributed by atoms with Crippen molar-refractivity contribution in [3.63, 3.8) is 0 Å². The van der Waals surface area contributed by atoms with E-state index in [4.69, 9.17) is 5.11 Å². The highest BCUT2D eigenvalue weighted by molar-refractivity contribution is 5.73. The van der Waals surface area contributed by atoms with Gasteiger partial charge in [-0.1, -0.05) is 24.0 Å². The molecule has 0 spiro atoms. The van der Waals surface area contributed by atoms with Crippen molar-refractivity contribution in [2.45, 2.75) is 19.1 Å². The molecule has 0 aromatic heterocycles. The molecule has 114 valence electrons. The molecule has 1 rings (SSSR count). The molecule has 1 aromatic rings. The molecule has 0 unspecified atom stereocenters. The van der Waals surface area contributed by atoms with Crippen LogP contribution in [0.25, 0.3) is 0 Å². The van der Waals surface area contributed by atoms with Gasteiger partial charge in [-0.3, -0.25) is 0 Å². The van der Waals surface area contributed by atoms with E-state index >= 15 is 0 Å². The first kappa shape index (κ1) is 16.9. The Morgan fingerprint density at radius 3 is 2.43 bits per heavy atom. The van der Waals surface area contributed by atoms with Gasteiger partial charge in [-0.2, -0.15) is 13.2 Å². The Bertz CT molecular complexity index is 516. The zero-order chi connectivity index (χ0) is 15.7. The van der Waals surface area contributed by atoms with E-state index in [-0.39, 0.29) is 13.2 Å². The number of carbonyl (C=O) groups excluding carboxylic acids is 1. The molecule has 0 saturated carbocycles. The number of halogens is 3. The van der Waals surface area contributed by atoms with Crippen LogP contribution in [0.1, 0.15) is 17.5 Å². The fourth-order valence-corrected chi connectivity index (χ4v) is 1.35. The van der Waals surface area contributed by atoms with Crippen LogP contribution in [0.3, 0.4) is 0 Å².